The lowest BCUT2D eigenvalue weighted by molar-refractivity contribution is 3.76. The van der Waals surface area contributed by atoms with Gasteiger partial charge in [-0.25, -0.2) is 0 Å². The second-order valence-electron chi connectivity index (χ2n) is 0.192. The van der Waals surface area contributed by atoms with E-state index >= 15 is 0 Å². The first-order chi connectivity index (χ1) is 2.64. The fourth-order valence-electron chi connectivity index (χ4n) is 0. The second-order valence-corrected chi connectivity index (χ2v) is 0.192. The predicted molar refractivity (Wildman–Crippen MR) is 47.1 cm³/mol. The van der Waals surface area contributed by atoms with Gasteiger partial charge in [-0.05, 0) is 7.74 Å². The third kappa shape index (κ3) is 2.62. The minimum absolute atomic E-state index is 0.546. The highest BCUT2D eigenvalue weighted by atomic mass is 12.8. The van der Waals surface area contributed by atoms with Crippen molar-refractivity contribution >= 4 is 43.7 Å². The average Bonchev–Trinajstić information content (AvgIpc) is 1.36. The van der Waals surface area contributed by atoms with Crippen LogP contribution in [0.3, 0.4) is 0 Å². The highest BCUT2D eigenvalue weighted by Crippen LogP contribution is 1.62. The molecular weight excluding hydrogens is 64.9 g/mol. The molecule has 6 heteroatoms. The molecule has 2 radical (unpaired) electrons. The summed E-state index contributed by atoms with van der Waals surface area (Å²) in [4.78, 5) is 0. The summed E-state index contributed by atoms with van der Waals surface area (Å²) < 4.78 is 0. The van der Waals surface area contributed by atoms with Crippen molar-refractivity contribution in [1.82, 2.24) is 0 Å². The monoisotopic (exact) mass is 75.1 g/mol. The molecule has 0 aliphatic carbocycles. The summed E-state index contributed by atoms with van der Waals surface area (Å²) in [6.07, 6.45) is 2.06. The van der Waals surface area contributed by atoms with E-state index in [2.05, 4.69) is 0 Å². The molecule has 0 aromatic heterocycles. The van der Waals surface area contributed by atoms with Crippen molar-refractivity contribution in [1.29, 1.82) is 0 Å². The van der Waals surface area contributed by atoms with Gasteiger partial charge in [-0.1, -0.05) is 7.74 Å². The zero-order chi connectivity index (χ0) is 5.15. The standard InChI is InChI=1S/B6H9/c1-5(2)6(3)4/h1-3H3/q-3. The first-order valence-electron chi connectivity index (χ1n) is 0.667. The summed E-state index contributed by atoms with van der Waals surface area (Å²) in [6, 6.07) is 0. The normalized spacial score (nSPS) is 7.83. The first-order valence-corrected chi connectivity index (χ1v) is 0.667. The molecule has 0 heterocycles. The molecule has 0 saturated heterocycles. The Morgan fingerprint density at radius 1 is 1.17 bits per heavy atom. The van der Waals surface area contributed by atoms with E-state index in [1.165, 1.54) is 6.39 Å². The Morgan fingerprint density at radius 3 is 1.33 bits per heavy atom. The molecule has 0 rings (SSSR count). The van der Waals surface area contributed by atoms with Crippen LogP contribution in [0, 0.1) is 0 Å². The largest absolute Gasteiger partial charge is 0.292 e. The Morgan fingerprint density at radius 2 is 1.33 bits per heavy atom. The van der Waals surface area contributed by atoms with Gasteiger partial charge in [-0.2, -0.15) is 6.39 Å². The van der Waals surface area contributed by atoms with Crippen LogP contribution in [-0.4, -0.2) is 43.7 Å². The molecule has 0 aliphatic rings. The highest BCUT2D eigenvalue weighted by molar-refractivity contribution is 7.76. The number of hydrogen-bond acceptors (Lipinski definition) is 0. The van der Waals surface area contributed by atoms with Gasteiger partial charge in [0.05, 0.1) is 0 Å². The van der Waals surface area contributed by atoms with Gasteiger partial charge in [-0.3, -0.25) is 6.39 Å². The SMILES string of the molecule is [B]B([BH3-])B([BH3-])[BH3-]. The van der Waals surface area contributed by atoms with Crippen LogP contribution >= 0.6 is 0 Å². The van der Waals surface area contributed by atoms with Crippen molar-refractivity contribution in [3.05, 3.63) is 0 Å². The van der Waals surface area contributed by atoms with Crippen LogP contribution in [0.5, 0.6) is 0 Å². The van der Waals surface area contributed by atoms with Gasteiger partial charge in [0, 0.05) is 0 Å². The molecule has 0 unspecified atom stereocenters. The van der Waals surface area contributed by atoms with Crippen LogP contribution in [0.4, 0.5) is 0 Å². The Labute approximate surface area is 44.5 Å². The fraction of sp³-hybridized carbons (Fsp3) is 0. The third-order valence-electron chi connectivity index (χ3n) is 0. The molecule has 0 aliphatic heterocycles. The maximum Gasteiger partial charge on any atom is -0.0405 e. The molecule has 0 saturated carbocycles. The number of hydrogen-bond donors (Lipinski definition) is 0. The average molecular weight is 73.9 g/mol. The van der Waals surface area contributed by atoms with E-state index in [0.29, 0.717) is 23.2 Å². The van der Waals surface area contributed by atoms with Crippen LogP contribution in [0.25, 0.3) is 0 Å². The van der Waals surface area contributed by atoms with Crippen LogP contribution in [-0.2, 0) is 0 Å². The minimum atomic E-state index is 0.546. The fourth-order valence-corrected chi connectivity index (χ4v) is 0. The maximum absolute atomic E-state index is 5.67. The van der Waals surface area contributed by atoms with E-state index in [9.17, 15) is 0 Å². The van der Waals surface area contributed by atoms with E-state index in [4.69, 9.17) is 7.74 Å². The second kappa shape index (κ2) is 2.54. The molecule has 0 N–H and O–H groups in total. The van der Waals surface area contributed by atoms with Crippen molar-refractivity contribution in [2.75, 3.05) is 0 Å². The molecule has 0 fully saturated rings. The third-order valence-corrected chi connectivity index (χ3v) is 0. The number of rotatable bonds is 1. The van der Waals surface area contributed by atoms with Crippen molar-refractivity contribution < 1.29 is 0 Å². The summed E-state index contributed by atoms with van der Waals surface area (Å²) in [7, 11) is 7.60. The van der Waals surface area contributed by atoms with Gasteiger partial charge in [0.25, 0.3) is 0 Å². The van der Waals surface area contributed by atoms with Crippen LogP contribution < -0.4 is 0 Å². The molecule has 6 heavy (non-hydrogen) atoms. The van der Waals surface area contributed by atoms with Gasteiger partial charge in [0.15, 0.2) is 0 Å². The zero-order valence-electron chi connectivity index (χ0n) is 1.73. The van der Waals surface area contributed by atoms with Crippen molar-refractivity contribution in [3.63, 3.8) is 0 Å². The van der Waals surface area contributed by atoms with Crippen LogP contribution in [0.15, 0.2) is 0 Å². The lowest BCUT2D eigenvalue weighted by Gasteiger charge is -2.19. The lowest BCUT2D eigenvalue weighted by Crippen LogP contribution is -2.38. The zero-order valence-corrected chi connectivity index (χ0v) is 1.73. The molecule has 30 valence electrons. The van der Waals surface area contributed by atoms with E-state index in [-0.39, 0.29) is 0 Å². The lowest BCUT2D eigenvalue weighted by atomic mass is 8.81. The van der Waals surface area contributed by atoms with E-state index in [0.717, 1.165) is 6.39 Å². The summed E-state index contributed by atoms with van der Waals surface area (Å²) in [6.45, 7) is 0. The molecule has 0 aromatic carbocycles. The summed E-state index contributed by atoms with van der Waals surface area (Å²) in [5.74, 6) is 0. The predicted octanol–water partition coefficient (Wildman–Crippen LogP) is -4.69. The van der Waals surface area contributed by atoms with Crippen molar-refractivity contribution in [2.45, 2.75) is 0 Å². The Hall–Kier alpha value is 0.390. The maximum atomic E-state index is 5.67. The van der Waals surface area contributed by atoms with Crippen molar-refractivity contribution in [3.8, 4) is 0 Å². The summed E-state index contributed by atoms with van der Waals surface area (Å²) in [5.41, 5.74) is 0. The van der Waals surface area contributed by atoms with Gasteiger partial charge >= 0.3 is 0 Å². The van der Waals surface area contributed by atoms with Gasteiger partial charge < -0.3 is 0 Å². The topological polar surface area (TPSA) is 0 Å². The molecule has 0 nitrogen and oxygen atoms in total. The molecule has 0 atom stereocenters. The quantitative estimate of drug-likeness (QED) is 0.274. The molecule has 0 bridgehead atoms. The van der Waals surface area contributed by atoms with Crippen LogP contribution in [0.2, 0.25) is 0 Å². The van der Waals surface area contributed by atoms with Crippen LogP contribution in [0.1, 0.15) is 0 Å². The molecule has 0 spiro atoms. The molecule has 0 aromatic rings. The highest BCUT2D eigenvalue weighted by Gasteiger charge is 1.82. The molecule has 0 amide bonds. The summed E-state index contributed by atoms with van der Waals surface area (Å²) in [5, 5.41) is 0. The minimum Gasteiger partial charge on any atom is -0.292 e. The Balaban J connectivity index is 2.99. The van der Waals surface area contributed by atoms with Gasteiger partial charge in [-0.15, -0.1) is 15.5 Å². The van der Waals surface area contributed by atoms with Gasteiger partial charge in [0.1, 0.15) is 0 Å². The van der Waals surface area contributed by atoms with Crippen molar-refractivity contribution in [2.24, 2.45) is 0 Å². The summed E-state index contributed by atoms with van der Waals surface area (Å²) >= 11 is 0. The van der Waals surface area contributed by atoms with E-state index < -0.39 is 0 Å². The molecular formula is H9B6-3. The van der Waals surface area contributed by atoms with E-state index in [1.54, 1.807) is 0 Å². The smallest absolute Gasteiger partial charge is 0.0405 e. The Kier molecular flexibility index (Phi) is 2.71. The Bertz CT molecular complexity index is 21.0. The van der Waals surface area contributed by atoms with E-state index in [1.807, 2.05) is 0 Å². The van der Waals surface area contributed by atoms with Gasteiger partial charge in [0.2, 0.25) is 0 Å². The first kappa shape index (κ1) is 6.39.